The molecule has 0 unspecified atom stereocenters. The molecule has 4 rings (SSSR count). The van der Waals surface area contributed by atoms with Gasteiger partial charge >= 0.3 is 0 Å². The second-order valence-electron chi connectivity index (χ2n) is 5.75. The molecule has 6 heteroatoms. The van der Waals surface area contributed by atoms with Gasteiger partial charge in [0.1, 0.15) is 5.82 Å². The van der Waals surface area contributed by atoms with E-state index in [1.54, 1.807) is 4.52 Å². The molecule has 3 aromatic heterocycles. The fraction of sp³-hybridized carbons (Fsp3) is 0.167. The highest BCUT2D eigenvalue weighted by atomic mass is 16.5. The van der Waals surface area contributed by atoms with Gasteiger partial charge in [0.25, 0.3) is 0 Å². The quantitative estimate of drug-likeness (QED) is 0.619. The summed E-state index contributed by atoms with van der Waals surface area (Å²) in [5, 5.41) is 8.72. The summed E-state index contributed by atoms with van der Waals surface area (Å²) in [6, 6.07) is 17.6. The molecule has 3 heterocycles. The van der Waals surface area contributed by atoms with E-state index in [4.69, 9.17) is 4.74 Å². The molecule has 120 valence electrons. The lowest BCUT2D eigenvalue weighted by Gasteiger charge is -2.09. The molecule has 6 nitrogen and oxygen atoms in total. The van der Waals surface area contributed by atoms with Gasteiger partial charge in [-0.2, -0.15) is 9.50 Å². The maximum absolute atomic E-state index is 5.77. The Kier molecular flexibility index (Phi) is 3.49. The van der Waals surface area contributed by atoms with E-state index < -0.39 is 0 Å². The lowest BCUT2D eigenvalue weighted by Crippen LogP contribution is -2.09. The summed E-state index contributed by atoms with van der Waals surface area (Å²) in [4.78, 5) is 9.06. The van der Waals surface area contributed by atoms with Crippen molar-refractivity contribution in [1.82, 2.24) is 19.6 Å². The van der Waals surface area contributed by atoms with E-state index in [1.165, 1.54) is 0 Å². The van der Waals surface area contributed by atoms with Crippen molar-refractivity contribution in [2.75, 3.05) is 5.32 Å². The average Bonchev–Trinajstić information content (AvgIpc) is 2.98. The molecule has 0 atom stereocenters. The Balaban J connectivity index is 1.68. The van der Waals surface area contributed by atoms with Crippen molar-refractivity contribution in [2.45, 2.75) is 20.0 Å². The highest BCUT2D eigenvalue weighted by molar-refractivity contribution is 5.80. The van der Waals surface area contributed by atoms with Crippen LogP contribution < -0.4 is 10.1 Å². The number of rotatable bonds is 4. The van der Waals surface area contributed by atoms with Gasteiger partial charge in [-0.05, 0) is 38.1 Å². The van der Waals surface area contributed by atoms with Crippen LogP contribution in [0.15, 0.2) is 54.6 Å². The van der Waals surface area contributed by atoms with Gasteiger partial charge in [0.15, 0.2) is 5.65 Å². The van der Waals surface area contributed by atoms with Crippen LogP contribution in [-0.2, 0) is 0 Å². The molecule has 0 radical (unpaired) electrons. The number of hydrogen-bond donors (Lipinski definition) is 1. The van der Waals surface area contributed by atoms with Crippen molar-refractivity contribution in [2.24, 2.45) is 0 Å². The maximum atomic E-state index is 5.77. The number of para-hydroxylation sites is 1. The second kappa shape index (κ2) is 5.81. The van der Waals surface area contributed by atoms with Crippen LogP contribution in [0.3, 0.4) is 0 Å². The summed E-state index contributed by atoms with van der Waals surface area (Å²) < 4.78 is 7.45. The molecular weight excluding hydrogens is 302 g/mol. The van der Waals surface area contributed by atoms with Gasteiger partial charge in [-0.25, -0.2) is 4.98 Å². The fourth-order valence-electron chi connectivity index (χ4n) is 2.52. The molecule has 0 amide bonds. The summed E-state index contributed by atoms with van der Waals surface area (Å²) in [6.45, 7) is 3.96. The van der Waals surface area contributed by atoms with Crippen LogP contribution in [0.4, 0.5) is 11.8 Å². The lowest BCUT2D eigenvalue weighted by atomic mass is 10.2. The number of nitrogens with zero attached hydrogens (tertiary/aromatic N) is 4. The van der Waals surface area contributed by atoms with Gasteiger partial charge in [0.2, 0.25) is 11.8 Å². The number of ether oxygens (including phenoxy) is 1. The standard InChI is InChI=1S/C18H17N5O/c1-12(2)24-17-9-5-8-16-21-18(22-23(16)17)20-15-11-10-13-6-3-4-7-14(13)19-15/h3-12H,1-2H3,(H,19,20,22). The van der Waals surface area contributed by atoms with Crippen molar-refractivity contribution in [3.63, 3.8) is 0 Å². The van der Waals surface area contributed by atoms with Crippen LogP contribution in [0.2, 0.25) is 0 Å². The molecule has 0 aliphatic carbocycles. The monoisotopic (exact) mass is 319 g/mol. The van der Waals surface area contributed by atoms with Crippen LogP contribution in [0.5, 0.6) is 5.88 Å². The zero-order valence-electron chi connectivity index (χ0n) is 13.5. The Morgan fingerprint density at radius 2 is 1.83 bits per heavy atom. The van der Waals surface area contributed by atoms with E-state index in [2.05, 4.69) is 20.4 Å². The van der Waals surface area contributed by atoms with Crippen LogP contribution in [-0.4, -0.2) is 25.7 Å². The third kappa shape index (κ3) is 2.74. The van der Waals surface area contributed by atoms with E-state index in [0.717, 1.165) is 16.6 Å². The molecular formula is C18H17N5O. The van der Waals surface area contributed by atoms with Gasteiger partial charge < -0.3 is 10.1 Å². The first kappa shape index (κ1) is 14.4. The molecule has 0 aliphatic rings. The number of hydrogen-bond acceptors (Lipinski definition) is 5. The number of aromatic nitrogens is 4. The first-order valence-electron chi connectivity index (χ1n) is 7.84. The number of benzene rings is 1. The zero-order chi connectivity index (χ0) is 16.5. The minimum atomic E-state index is 0.0679. The summed E-state index contributed by atoms with van der Waals surface area (Å²) in [7, 11) is 0. The molecule has 0 spiro atoms. The zero-order valence-corrected chi connectivity index (χ0v) is 13.5. The molecule has 0 fully saturated rings. The van der Waals surface area contributed by atoms with Crippen molar-refractivity contribution in [3.05, 3.63) is 54.6 Å². The van der Waals surface area contributed by atoms with E-state index in [1.807, 2.05) is 68.4 Å². The summed E-state index contributed by atoms with van der Waals surface area (Å²) in [5.41, 5.74) is 1.64. The second-order valence-corrected chi connectivity index (χ2v) is 5.75. The van der Waals surface area contributed by atoms with Gasteiger partial charge in [0.05, 0.1) is 11.6 Å². The normalized spacial score (nSPS) is 11.3. The molecule has 1 aromatic carbocycles. The molecule has 0 aliphatic heterocycles. The predicted molar refractivity (Wildman–Crippen MR) is 93.8 cm³/mol. The molecule has 0 bridgehead atoms. The van der Waals surface area contributed by atoms with Crippen molar-refractivity contribution in [3.8, 4) is 5.88 Å². The summed E-state index contributed by atoms with van der Waals surface area (Å²) in [5.74, 6) is 1.85. The maximum Gasteiger partial charge on any atom is 0.248 e. The topological polar surface area (TPSA) is 64.3 Å². The van der Waals surface area contributed by atoms with Crippen LogP contribution in [0.25, 0.3) is 16.6 Å². The number of fused-ring (bicyclic) bond motifs is 2. The van der Waals surface area contributed by atoms with Crippen LogP contribution in [0.1, 0.15) is 13.8 Å². The Morgan fingerprint density at radius 3 is 2.71 bits per heavy atom. The Labute approximate surface area is 139 Å². The third-order valence-electron chi connectivity index (χ3n) is 3.52. The van der Waals surface area contributed by atoms with Crippen LogP contribution >= 0.6 is 0 Å². The van der Waals surface area contributed by atoms with Crippen molar-refractivity contribution >= 4 is 28.3 Å². The van der Waals surface area contributed by atoms with Gasteiger partial charge in [0, 0.05) is 11.5 Å². The average molecular weight is 319 g/mol. The first-order chi connectivity index (χ1) is 11.7. The number of pyridine rings is 2. The van der Waals surface area contributed by atoms with E-state index in [-0.39, 0.29) is 6.10 Å². The van der Waals surface area contributed by atoms with E-state index in [9.17, 15) is 0 Å². The number of anilines is 2. The number of nitrogens with one attached hydrogen (secondary N) is 1. The Morgan fingerprint density at radius 1 is 0.958 bits per heavy atom. The Hall–Kier alpha value is -3.15. The Bertz CT molecular complexity index is 1010. The minimum absolute atomic E-state index is 0.0679. The first-order valence-corrected chi connectivity index (χ1v) is 7.84. The molecule has 0 saturated carbocycles. The van der Waals surface area contributed by atoms with E-state index >= 15 is 0 Å². The summed E-state index contributed by atoms with van der Waals surface area (Å²) >= 11 is 0. The van der Waals surface area contributed by atoms with Crippen molar-refractivity contribution in [1.29, 1.82) is 0 Å². The van der Waals surface area contributed by atoms with Gasteiger partial charge in [-0.15, -0.1) is 5.10 Å². The predicted octanol–water partition coefficient (Wildman–Crippen LogP) is 3.81. The largest absolute Gasteiger partial charge is 0.475 e. The SMILES string of the molecule is CC(C)Oc1cccc2nc(Nc3ccc4ccccc4n3)nn12. The molecule has 1 N–H and O–H groups in total. The molecule has 0 saturated heterocycles. The van der Waals surface area contributed by atoms with Gasteiger partial charge in [-0.3, -0.25) is 0 Å². The van der Waals surface area contributed by atoms with Crippen molar-refractivity contribution < 1.29 is 4.74 Å². The lowest BCUT2D eigenvalue weighted by molar-refractivity contribution is 0.227. The summed E-state index contributed by atoms with van der Waals surface area (Å²) in [6.07, 6.45) is 0.0679. The minimum Gasteiger partial charge on any atom is -0.475 e. The smallest absolute Gasteiger partial charge is 0.248 e. The molecule has 24 heavy (non-hydrogen) atoms. The highest BCUT2D eigenvalue weighted by Gasteiger charge is 2.10. The fourth-order valence-corrected chi connectivity index (χ4v) is 2.52. The highest BCUT2D eigenvalue weighted by Crippen LogP contribution is 2.20. The van der Waals surface area contributed by atoms with Crippen LogP contribution in [0, 0.1) is 0 Å². The van der Waals surface area contributed by atoms with E-state index in [0.29, 0.717) is 17.6 Å². The third-order valence-corrected chi connectivity index (χ3v) is 3.52. The van der Waals surface area contributed by atoms with Gasteiger partial charge in [-0.1, -0.05) is 24.3 Å². The molecule has 4 aromatic rings.